The second-order valence-corrected chi connectivity index (χ2v) is 4.71. The largest absolute Gasteiger partial charge is 0.391 e. The van der Waals surface area contributed by atoms with Crippen LogP contribution in [0.1, 0.15) is 18.4 Å². The number of nitrogens with two attached hydrogens (primary N) is 1. The number of hydrogen-bond acceptors (Lipinski definition) is 3. The molecule has 0 spiro atoms. The third kappa shape index (κ3) is 2.73. The van der Waals surface area contributed by atoms with Crippen LogP contribution in [0.25, 0.3) is 0 Å². The van der Waals surface area contributed by atoms with E-state index in [1.807, 2.05) is 4.90 Å². The lowest BCUT2D eigenvalue weighted by Gasteiger charge is -2.32. The van der Waals surface area contributed by atoms with E-state index in [0.717, 1.165) is 25.1 Å². The molecule has 0 aromatic heterocycles. The predicted molar refractivity (Wildman–Crippen MR) is 69.7 cm³/mol. The van der Waals surface area contributed by atoms with Gasteiger partial charge in [-0.1, -0.05) is 12.2 Å². The Bertz CT molecular complexity index is 439. The molecule has 0 radical (unpaired) electrons. The van der Waals surface area contributed by atoms with Gasteiger partial charge in [-0.3, -0.25) is 0 Å². The Hall–Kier alpha value is -1.20. The quantitative estimate of drug-likeness (QED) is 0.784. The first-order valence-electron chi connectivity index (χ1n) is 5.60. The van der Waals surface area contributed by atoms with Crippen LogP contribution >= 0.6 is 12.2 Å². The smallest absolute Gasteiger partial charge is 0.135 e. The number of rotatable bonds is 2. The monoisotopic (exact) mass is 254 g/mol. The molecule has 1 aromatic rings. The summed E-state index contributed by atoms with van der Waals surface area (Å²) in [5.74, 6) is -0.407. The van der Waals surface area contributed by atoms with Crippen LogP contribution in [-0.2, 0) is 0 Å². The van der Waals surface area contributed by atoms with Crippen molar-refractivity contribution in [2.45, 2.75) is 18.9 Å². The second-order valence-electron chi connectivity index (χ2n) is 4.27. The average molecular weight is 254 g/mol. The molecule has 5 heteroatoms. The summed E-state index contributed by atoms with van der Waals surface area (Å²) in [6, 6.07) is 4.80. The highest BCUT2D eigenvalue weighted by Crippen LogP contribution is 2.22. The van der Waals surface area contributed by atoms with Crippen molar-refractivity contribution in [2.24, 2.45) is 5.73 Å². The standard InChI is InChI=1S/C12H15FN2OS/c13-11-6-8(3-4-10(11)12(14)17)15-5-1-2-9(16)7-15/h3-4,6,9,16H,1-2,5,7H2,(H2,14,17). The summed E-state index contributed by atoms with van der Waals surface area (Å²) >= 11 is 4.75. The number of aliphatic hydroxyl groups is 1. The molecule has 1 atom stereocenters. The Balaban J connectivity index is 2.22. The molecular weight excluding hydrogens is 239 g/mol. The van der Waals surface area contributed by atoms with Gasteiger partial charge in [0.15, 0.2) is 0 Å². The number of anilines is 1. The fourth-order valence-corrected chi connectivity index (χ4v) is 2.26. The molecular formula is C12H15FN2OS. The molecule has 92 valence electrons. The van der Waals surface area contributed by atoms with Gasteiger partial charge in [-0.05, 0) is 31.0 Å². The first-order valence-corrected chi connectivity index (χ1v) is 6.01. The van der Waals surface area contributed by atoms with Crippen molar-refractivity contribution in [3.8, 4) is 0 Å². The highest BCUT2D eigenvalue weighted by molar-refractivity contribution is 7.80. The van der Waals surface area contributed by atoms with Crippen LogP contribution in [0.3, 0.4) is 0 Å². The van der Waals surface area contributed by atoms with Crippen LogP contribution in [0.4, 0.5) is 10.1 Å². The van der Waals surface area contributed by atoms with E-state index in [-0.39, 0.29) is 16.7 Å². The van der Waals surface area contributed by atoms with Crippen molar-refractivity contribution >= 4 is 22.9 Å². The maximum atomic E-state index is 13.7. The van der Waals surface area contributed by atoms with E-state index in [2.05, 4.69) is 0 Å². The lowest BCUT2D eigenvalue weighted by Crippen LogP contribution is -2.38. The summed E-state index contributed by atoms with van der Waals surface area (Å²) in [5, 5.41) is 9.58. The highest BCUT2D eigenvalue weighted by Gasteiger charge is 2.18. The Labute approximate surface area is 105 Å². The molecule has 0 bridgehead atoms. The van der Waals surface area contributed by atoms with Crippen molar-refractivity contribution in [2.75, 3.05) is 18.0 Å². The van der Waals surface area contributed by atoms with Crippen molar-refractivity contribution in [1.29, 1.82) is 0 Å². The van der Waals surface area contributed by atoms with Crippen molar-refractivity contribution in [3.63, 3.8) is 0 Å². The van der Waals surface area contributed by atoms with Gasteiger partial charge in [0, 0.05) is 24.3 Å². The average Bonchev–Trinajstić information content (AvgIpc) is 2.28. The molecule has 1 fully saturated rings. The molecule has 0 saturated carbocycles. The highest BCUT2D eigenvalue weighted by atomic mass is 32.1. The van der Waals surface area contributed by atoms with E-state index in [0.29, 0.717) is 6.54 Å². The maximum Gasteiger partial charge on any atom is 0.135 e. The number of benzene rings is 1. The van der Waals surface area contributed by atoms with Gasteiger partial charge in [0.05, 0.1) is 6.10 Å². The number of halogens is 1. The number of aliphatic hydroxyl groups excluding tert-OH is 1. The Morgan fingerprint density at radius 1 is 1.53 bits per heavy atom. The second kappa shape index (κ2) is 4.98. The van der Waals surface area contributed by atoms with E-state index < -0.39 is 5.82 Å². The van der Waals surface area contributed by atoms with Gasteiger partial charge in [0.25, 0.3) is 0 Å². The van der Waals surface area contributed by atoms with E-state index in [1.165, 1.54) is 6.07 Å². The molecule has 0 aliphatic carbocycles. The molecule has 1 heterocycles. The summed E-state index contributed by atoms with van der Waals surface area (Å²) in [5.41, 5.74) is 6.43. The molecule has 17 heavy (non-hydrogen) atoms. The molecule has 3 N–H and O–H groups in total. The van der Waals surface area contributed by atoms with Crippen molar-refractivity contribution in [3.05, 3.63) is 29.6 Å². The molecule has 1 aromatic carbocycles. The van der Waals surface area contributed by atoms with E-state index in [1.54, 1.807) is 12.1 Å². The number of piperidine rings is 1. The first-order chi connectivity index (χ1) is 8.08. The maximum absolute atomic E-state index is 13.7. The molecule has 0 amide bonds. The summed E-state index contributed by atoms with van der Waals surface area (Å²) in [6.45, 7) is 1.38. The van der Waals surface area contributed by atoms with Gasteiger partial charge < -0.3 is 15.7 Å². The SMILES string of the molecule is NC(=S)c1ccc(N2CCCC(O)C2)cc1F. The van der Waals surface area contributed by atoms with E-state index >= 15 is 0 Å². The molecule has 2 rings (SSSR count). The topological polar surface area (TPSA) is 49.5 Å². The zero-order valence-electron chi connectivity index (χ0n) is 9.40. The number of nitrogens with zero attached hydrogens (tertiary/aromatic N) is 1. The lowest BCUT2D eigenvalue weighted by molar-refractivity contribution is 0.154. The predicted octanol–water partition coefficient (Wildman–Crippen LogP) is 1.42. The minimum absolute atomic E-state index is 0.0627. The van der Waals surface area contributed by atoms with Crippen molar-refractivity contribution in [1.82, 2.24) is 0 Å². The number of β-amino-alcohol motifs (C(OH)–C–C–N with tert-alkyl or cyclic N) is 1. The third-order valence-electron chi connectivity index (χ3n) is 2.98. The molecule has 1 aliphatic rings. The summed E-state index contributed by atoms with van der Waals surface area (Å²) in [6.07, 6.45) is 1.39. The normalized spacial score (nSPS) is 20.4. The summed E-state index contributed by atoms with van der Waals surface area (Å²) in [4.78, 5) is 2.04. The van der Waals surface area contributed by atoms with Crippen LogP contribution < -0.4 is 10.6 Å². The molecule has 3 nitrogen and oxygen atoms in total. The van der Waals surface area contributed by atoms with Gasteiger partial charge in [0.2, 0.25) is 0 Å². The zero-order valence-corrected chi connectivity index (χ0v) is 10.2. The molecule has 1 aliphatic heterocycles. The Morgan fingerprint density at radius 3 is 2.88 bits per heavy atom. The van der Waals surface area contributed by atoms with Gasteiger partial charge >= 0.3 is 0 Å². The zero-order chi connectivity index (χ0) is 12.4. The van der Waals surface area contributed by atoms with Crippen LogP contribution in [0.15, 0.2) is 18.2 Å². The van der Waals surface area contributed by atoms with Crippen molar-refractivity contribution < 1.29 is 9.50 Å². The minimum Gasteiger partial charge on any atom is -0.391 e. The number of hydrogen-bond donors (Lipinski definition) is 2. The third-order valence-corrected chi connectivity index (χ3v) is 3.20. The summed E-state index contributed by atoms with van der Waals surface area (Å²) < 4.78 is 13.7. The van der Waals surface area contributed by atoms with Gasteiger partial charge in [0.1, 0.15) is 10.8 Å². The van der Waals surface area contributed by atoms with Crippen LogP contribution in [-0.4, -0.2) is 29.3 Å². The van der Waals surface area contributed by atoms with E-state index in [9.17, 15) is 9.50 Å². The van der Waals surface area contributed by atoms with Gasteiger partial charge in [-0.15, -0.1) is 0 Å². The molecule has 1 unspecified atom stereocenters. The van der Waals surface area contributed by atoms with Crippen LogP contribution in [0.5, 0.6) is 0 Å². The van der Waals surface area contributed by atoms with Gasteiger partial charge in [-0.25, -0.2) is 4.39 Å². The van der Waals surface area contributed by atoms with Crippen LogP contribution in [0.2, 0.25) is 0 Å². The lowest BCUT2D eigenvalue weighted by atomic mass is 10.1. The van der Waals surface area contributed by atoms with E-state index in [4.69, 9.17) is 18.0 Å². The number of thiocarbonyl (C=S) groups is 1. The summed E-state index contributed by atoms with van der Waals surface area (Å²) in [7, 11) is 0. The Kier molecular flexibility index (Phi) is 3.59. The first kappa shape index (κ1) is 12.3. The fourth-order valence-electron chi connectivity index (χ4n) is 2.09. The fraction of sp³-hybridized carbons (Fsp3) is 0.417. The minimum atomic E-state index is -0.407. The Morgan fingerprint density at radius 2 is 2.29 bits per heavy atom. The van der Waals surface area contributed by atoms with Gasteiger partial charge in [-0.2, -0.15) is 0 Å². The molecule has 1 saturated heterocycles. The van der Waals surface area contributed by atoms with Crippen LogP contribution in [0, 0.1) is 5.82 Å².